The van der Waals surface area contributed by atoms with Gasteiger partial charge in [0.1, 0.15) is 11.9 Å². The number of carbonyl (C=O) groups is 3. The maximum absolute atomic E-state index is 14.5. The Kier molecular flexibility index (Phi) is 14.5. The summed E-state index contributed by atoms with van der Waals surface area (Å²) in [5, 5.41) is 19.3. The Hall–Kier alpha value is -6.59. The minimum Gasteiger partial charge on any atom is -0.508 e. The van der Waals surface area contributed by atoms with E-state index in [1.54, 1.807) is 41.3 Å². The number of rotatable bonds is 17. The summed E-state index contributed by atoms with van der Waals surface area (Å²) in [4.78, 5) is 44.3. The second-order valence-electron chi connectivity index (χ2n) is 14.8. The van der Waals surface area contributed by atoms with Crippen LogP contribution in [0.3, 0.4) is 0 Å². The zero-order valence-corrected chi connectivity index (χ0v) is 33.6. The zero-order valence-electron chi connectivity index (χ0n) is 33.6. The highest BCUT2D eigenvalue weighted by Gasteiger charge is 2.29. The number of Topliss-reactive ketones (excluding diaryl/α,β-unsaturated/α-hetero) is 1. The topological polar surface area (TPSA) is 123 Å². The van der Waals surface area contributed by atoms with Gasteiger partial charge in [0.15, 0.2) is 5.78 Å². The molecule has 0 saturated carbocycles. The van der Waals surface area contributed by atoms with E-state index in [1.807, 2.05) is 97.1 Å². The molecule has 1 aliphatic rings. The number of phenols is 1. The van der Waals surface area contributed by atoms with Crippen molar-refractivity contribution in [1.82, 2.24) is 20.9 Å². The van der Waals surface area contributed by atoms with Gasteiger partial charge in [-0.25, -0.2) is 9.69 Å². The molecule has 0 unspecified atom stereocenters. The standard InChI is InChI=1S/C50H51N5O5/c56-47-25-12-7-18-41(47)35-51-28-29-53-49(58)40-20-13-19-39(34-40)48(57)36-52-30-33-54-31-26-42(27-32-54)60-50(59)55(45-23-10-8-21-43(45)37-14-3-1-4-15-37)46-24-11-9-22-44(46)38-16-5-2-6-17-38/h1-25,34,42,51-52,56H,26-33,35-36H2,(H,53,58). The van der Waals surface area contributed by atoms with Gasteiger partial charge in [0, 0.05) is 73.6 Å². The van der Waals surface area contributed by atoms with Crippen molar-refractivity contribution in [3.05, 3.63) is 174 Å². The summed E-state index contributed by atoms with van der Waals surface area (Å²) >= 11 is 0. The molecule has 1 saturated heterocycles. The number of hydrogen-bond acceptors (Lipinski definition) is 8. The molecule has 0 spiro atoms. The van der Waals surface area contributed by atoms with Crippen LogP contribution in [0.25, 0.3) is 22.3 Å². The van der Waals surface area contributed by atoms with Crippen molar-refractivity contribution in [2.45, 2.75) is 25.5 Å². The summed E-state index contributed by atoms with van der Waals surface area (Å²) in [7, 11) is 0. The van der Waals surface area contributed by atoms with Gasteiger partial charge in [-0.05, 0) is 54.3 Å². The number of phenolic OH excluding ortho intramolecular Hbond substituents is 1. The third kappa shape index (κ3) is 10.9. The lowest BCUT2D eigenvalue weighted by atomic mass is 10.00. The fraction of sp³-hybridized carbons (Fsp3) is 0.220. The molecule has 0 radical (unpaired) electrons. The van der Waals surface area contributed by atoms with Gasteiger partial charge in [-0.2, -0.15) is 0 Å². The molecule has 60 heavy (non-hydrogen) atoms. The Balaban J connectivity index is 0.896. The Morgan fingerprint density at radius 1 is 0.633 bits per heavy atom. The van der Waals surface area contributed by atoms with Gasteiger partial charge in [-0.15, -0.1) is 0 Å². The van der Waals surface area contributed by atoms with Crippen molar-refractivity contribution in [3.63, 3.8) is 0 Å². The first-order valence-corrected chi connectivity index (χ1v) is 20.6. The average Bonchev–Trinajstić information content (AvgIpc) is 3.30. The summed E-state index contributed by atoms with van der Waals surface area (Å²) < 4.78 is 6.34. The fourth-order valence-corrected chi connectivity index (χ4v) is 7.46. The van der Waals surface area contributed by atoms with Crippen LogP contribution < -0.4 is 20.9 Å². The van der Waals surface area contributed by atoms with E-state index in [4.69, 9.17) is 4.74 Å². The lowest BCUT2D eigenvalue weighted by Gasteiger charge is -2.34. The van der Waals surface area contributed by atoms with E-state index in [-0.39, 0.29) is 30.1 Å². The second kappa shape index (κ2) is 20.9. The molecule has 10 heteroatoms. The largest absolute Gasteiger partial charge is 0.508 e. The predicted octanol–water partition coefficient (Wildman–Crippen LogP) is 8.46. The zero-order chi connectivity index (χ0) is 41.5. The number of carbonyl (C=O) groups excluding carboxylic acids is 3. The molecular formula is C50H51N5O5. The molecule has 1 aliphatic heterocycles. The molecule has 2 amide bonds. The number of ketones is 1. The first-order chi connectivity index (χ1) is 29.4. The molecule has 1 heterocycles. The minimum atomic E-state index is -0.417. The molecule has 0 atom stereocenters. The van der Waals surface area contributed by atoms with Crippen molar-refractivity contribution in [1.29, 1.82) is 0 Å². The van der Waals surface area contributed by atoms with E-state index in [1.165, 1.54) is 0 Å². The molecule has 7 rings (SSSR count). The van der Waals surface area contributed by atoms with Crippen LogP contribution in [0.5, 0.6) is 5.75 Å². The minimum absolute atomic E-state index is 0.0909. The van der Waals surface area contributed by atoms with Gasteiger partial charge in [-0.3, -0.25) is 9.59 Å². The van der Waals surface area contributed by atoms with E-state index in [0.717, 1.165) is 58.8 Å². The van der Waals surface area contributed by atoms with Crippen LogP contribution >= 0.6 is 0 Å². The maximum atomic E-state index is 14.5. The van der Waals surface area contributed by atoms with E-state index in [9.17, 15) is 19.5 Å². The van der Waals surface area contributed by atoms with Crippen LogP contribution in [0.1, 0.15) is 39.1 Å². The monoisotopic (exact) mass is 801 g/mol. The van der Waals surface area contributed by atoms with Gasteiger partial charge >= 0.3 is 6.09 Å². The summed E-state index contributed by atoms with van der Waals surface area (Å²) in [6.07, 6.45) is 0.726. The van der Waals surface area contributed by atoms with E-state index in [2.05, 4.69) is 45.1 Å². The first kappa shape index (κ1) is 41.6. The summed E-state index contributed by atoms with van der Waals surface area (Å²) in [6, 6.07) is 50.0. The molecule has 6 aromatic rings. The van der Waals surface area contributed by atoms with E-state index in [0.29, 0.717) is 50.1 Å². The normalized spacial score (nSPS) is 13.1. The van der Waals surface area contributed by atoms with E-state index >= 15 is 0 Å². The summed E-state index contributed by atoms with van der Waals surface area (Å²) in [5.41, 5.74) is 7.05. The molecule has 10 nitrogen and oxygen atoms in total. The third-order valence-corrected chi connectivity index (χ3v) is 10.7. The molecule has 0 aromatic heterocycles. The predicted molar refractivity (Wildman–Crippen MR) is 238 cm³/mol. The van der Waals surface area contributed by atoms with Crippen molar-refractivity contribution >= 4 is 29.2 Å². The summed E-state index contributed by atoms with van der Waals surface area (Å²) in [5.74, 6) is -0.110. The number of para-hydroxylation sites is 3. The lowest BCUT2D eigenvalue weighted by Crippen LogP contribution is -2.42. The fourth-order valence-electron chi connectivity index (χ4n) is 7.46. The van der Waals surface area contributed by atoms with Crippen molar-refractivity contribution < 1.29 is 24.2 Å². The first-order valence-electron chi connectivity index (χ1n) is 20.6. The van der Waals surface area contributed by atoms with Crippen molar-refractivity contribution in [3.8, 4) is 28.0 Å². The smallest absolute Gasteiger partial charge is 0.419 e. The number of nitrogens with one attached hydrogen (secondary N) is 3. The molecule has 306 valence electrons. The van der Waals surface area contributed by atoms with Gasteiger partial charge in [0.2, 0.25) is 0 Å². The second-order valence-corrected chi connectivity index (χ2v) is 14.8. The number of likely N-dealkylation sites (tertiary alicyclic amines) is 1. The van der Waals surface area contributed by atoms with Gasteiger partial charge in [0.05, 0.1) is 17.9 Å². The highest BCUT2D eigenvalue weighted by atomic mass is 16.6. The van der Waals surface area contributed by atoms with Gasteiger partial charge < -0.3 is 30.7 Å². The number of amides is 2. The number of anilines is 2. The lowest BCUT2D eigenvalue weighted by molar-refractivity contribution is 0.0566. The quantitative estimate of drug-likeness (QED) is 0.0536. The molecule has 0 bridgehead atoms. The van der Waals surface area contributed by atoms with Gasteiger partial charge in [0.25, 0.3) is 5.91 Å². The Morgan fingerprint density at radius 3 is 1.87 bits per heavy atom. The van der Waals surface area contributed by atoms with Crippen LogP contribution in [0.4, 0.5) is 16.2 Å². The Bertz CT molecular complexity index is 2260. The van der Waals surface area contributed by atoms with Gasteiger partial charge in [-0.1, -0.05) is 127 Å². The van der Waals surface area contributed by atoms with Crippen molar-refractivity contribution in [2.75, 3.05) is 50.7 Å². The molecule has 1 fully saturated rings. The van der Waals surface area contributed by atoms with Crippen molar-refractivity contribution in [2.24, 2.45) is 0 Å². The number of hydrogen-bond donors (Lipinski definition) is 4. The summed E-state index contributed by atoms with van der Waals surface area (Å²) in [6.45, 7) is 4.45. The molecule has 6 aromatic carbocycles. The van der Waals surface area contributed by atoms with Crippen LogP contribution in [0.2, 0.25) is 0 Å². The highest BCUT2D eigenvalue weighted by molar-refractivity contribution is 6.04. The molecule has 0 aliphatic carbocycles. The SMILES string of the molecule is O=C(CNCCN1CCC(OC(=O)N(c2ccccc2-c2ccccc2)c2ccccc2-c2ccccc2)CC1)c1cccc(C(=O)NCCNCc2ccccc2O)c1. The maximum Gasteiger partial charge on any atom is 0.419 e. The third-order valence-electron chi connectivity index (χ3n) is 10.7. The Labute approximate surface area is 351 Å². The number of benzene rings is 6. The van der Waals surface area contributed by atoms with Crippen LogP contribution in [-0.4, -0.2) is 79.7 Å². The number of ether oxygens (including phenoxy) is 1. The number of nitrogens with zero attached hydrogens (tertiary/aromatic N) is 2. The average molecular weight is 802 g/mol. The highest BCUT2D eigenvalue weighted by Crippen LogP contribution is 2.40. The number of piperidine rings is 1. The Morgan fingerprint density at radius 2 is 1.22 bits per heavy atom. The molecule has 4 N–H and O–H groups in total. The van der Waals surface area contributed by atoms with E-state index < -0.39 is 6.09 Å². The number of aromatic hydroxyl groups is 1. The van der Waals surface area contributed by atoms with Crippen LogP contribution in [-0.2, 0) is 11.3 Å². The van der Waals surface area contributed by atoms with Crippen LogP contribution in [0, 0.1) is 0 Å². The van der Waals surface area contributed by atoms with Crippen LogP contribution in [0.15, 0.2) is 158 Å². The molecular weight excluding hydrogens is 751 g/mol.